The van der Waals surface area contributed by atoms with Crippen LogP contribution in [0.3, 0.4) is 0 Å². The van der Waals surface area contributed by atoms with Crippen molar-refractivity contribution in [2.45, 2.75) is 13.8 Å². The Morgan fingerprint density at radius 2 is 1.71 bits per heavy atom. The molecule has 2 N–H and O–H groups in total. The summed E-state index contributed by atoms with van der Waals surface area (Å²) in [5.74, 6) is 0.672. The van der Waals surface area contributed by atoms with E-state index < -0.39 is 0 Å². The van der Waals surface area contributed by atoms with Crippen molar-refractivity contribution < 1.29 is 0 Å². The van der Waals surface area contributed by atoms with Gasteiger partial charge in [-0.1, -0.05) is 17.7 Å². The molecule has 2 aromatic rings. The quantitative estimate of drug-likeness (QED) is 0.877. The van der Waals surface area contributed by atoms with Crippen LogP contribution in [-0.4, -0.2) is 16.5 Å². The van der Waals surface area contributed by atoms with Crippen LogP contribution in [0.25, 0.3) is 0 Å². The molecule has 1 aromatic heterocycles. The summed E-state index contributed by atoms with van der Waals surface area (Å²) in [6, 6.07) is 8.29. The summed E-state index contributed by atoms with van der Waals surface area (Å²) in [5.41, 5.74) is 8.49. The third kappa shape index (κ3) is 2.53. The van der Waals surface area contributed by atoms with Crippen LogP contribution in [0.2, 0.25) is 0 Å². The Balaban J connectivity index is 2.33. The highest BCUT2D eigenvalue weighted by atomic mass is 15.2. The summed E-state index contributed by atoms with van der Waals surface area (Å²) < 4.78 is 0. The van der Waals surface area contributed by atoms with E-state index in [1.807, 2.05) is 4.90 Å². The molecule has 17 heavy (non-hydrogen) atoms. The molecular formula is C13H16N4. The van der Waals surface area contributed by atoms with Crippen molar-refractivity contribution in [3.8, 4) is 0 Å². The molecule has 0 spiro atoms. The van der Waals surface area contributed by atoms with E-state index in [0.29, 0.717) is 11.6 Å². The number of anilines is 3. The molecule has 0 saturated carbocycles. The maximum Gasteiger partial charge on any atom is 0.229 e. The van der Waals surface area contributed by atoms with Gasteiger partial charge in [-0.3, -0.25) is 0 Å². The van der Waals surface area contributed by atoms with Gasteiger partial charge in [0.25, 0.3) is 0 Å². The predicted octanol–water partition coefficient (Wildman–Crippen LogP) is 2.53. The van der Waals surface area contributed by atoms with Gasteiger partial charge in [-0.25, -0.2) is 9.97 Å². The van der Waals surface area contributed by atoms with Gasteiger partial charge in [-0.2, -0.15) is 0 Å². The first-order chi connectivity index (χ1) is 8.20. The molecule has 0 bridgehead atoms. The first-order valence-electron chi connectivity index (χ1n) is 5.62. The van der Waals surface area contributed by atoms with Crippen LogP contribution in [0.4, 0.5) is 17.3 Å². The van der Waals surface area contributed by atoms with Gasteiger partial charge < -0.3 is 10.6 Å². The van der Waals surface area contributed by atoms with Gasteiger partial charge in [0.05, 0.1) is 18.1 Å². The molecule has 2 rings (SSSR count). The molecule has 0 aliphatic heterocycles. The van der Waals surface area contributed by atoms with Crippen LogP contribution >= 0.6 is 0 Å². The van der Waals surface area contributed by atoms with Crippen molar-refractivity contribution in [3.05, 3.63) is 42.2 Å². The zero-order valence-electron chi connectivity index (χ0n) is 10.1. The fourth-order valence-electron chi connectivity index (χ4n) is 1.63. The Morgan fingerprint density at radius 1 is 1.12 bits per heavy atom. The molecule has 0 amide bonds. The van der Waals surface area contributed by atoms with Crippen molar-refractivity contribution in [1.82, 2.24) is 9.97 Å². The summed E-state index contributed by atoms with van der Waals surface area (Å²) in [6.45, 7) is 4.95. The smallest absolute Gasteiger partial charge is 0.229 e. The number of nitrogen functional groups attached to an aromatic ring is 1. The largest absolute Gasteiger partial charge is 0.396 e. The minimum Gasteiger partial charge on any atom is -0.396 e. The number of rotatable bonds is 3. The molecule has 1 aromatic carbocycles. The number of aromatic nitrogens is 2. The normalized spacial score (nSPS) is 10.2. The van der Waals surface area contributed by atoms with Gasteiger partial charge >= 0.3 is 0 Å². The lowest BCUT2D eigenvalue weighted by Gasteiger charge is -2.20. The second-order valence-electron chi connectivity index (χ2n) is 3.90. The molecule has 0 saturated heterocycles. The molecule has 4 nitrogen and oxygen atoms in total. The van der Waals surface area contributed by atoms with E-state index in [1.165, 1.54) is 5.56 Å². The van der Waals surface area contributed by atoms with E-state index in [9.17, 15) is 0 Å². The minimum absolute atomic E-state index is 0.578. The van der Waals surface area contributed by atoms with E-state index in [0.717, 1.165) is 12.2 Å². The number of nitrogens with zero attached hydrogens (tertiary/aromatic N) is 3. The maximum absolute atomic E-state index is 5.58. The Kier molecular flexibility index (Phi) is 3.23. The Hall–Kier alpha value is -2.10. The van der Waals surface area contributed by atoms with E-state index in [2.05, 4.69) is 48.1 Å². The molecule has 0 aliphatic rings. The average molecular weight is 228 g/mol. The lowest BCUT2D eigenvalue weighted by atomic mass is 10.2. The zero-order chi connectivity index (χ0) is 12.3. The van der Waals surface area contributed by atoms with E-state index in [-0.39, 0.29) is 0 Å². The summed E-state index contributed by atoms with van der Waals surface area (Å²) in [7, 11) is 0. The standard InChI is InChI=1S/C13H16N4/c1-3-17(12-6-4-10(2)5-7-12)13-15-8-11(14)9-16-13/h4-9H,3,14H2,1-2H3. The second-order valence-corrected chi connectivity index (χ2v) is 3.90. The maximum atomic E-state index is 5.58. The van der Waals surface area contributed by atoms with E-state index in [4.69, 9.17) is 5.73 Å². The number of hydrogen-bond acceptors (Lipinski definition) is 4. The lowest BCUT2D eigenvalue weighted by molar-refractivity contribution is 0.947. The molecule has 1 heterocycles. The van der Waals surface area contributed by atoms with Gasteiger partial charge in [0, 0.05) is 12.2 Å². The van der Waals surface area contributed by atoms with Gasteiger partial charge in [-0.15, -0.1) is 0 Å². The van der Waals surface area contributed by atoms with Crippen LogP contribution in [0, 0.1) is 6.92 Å². The van der Waals surface area contributed by atoms with Crippen molar-refractivity contribution in [2.75, 3.05) is 17.2 Å². The summed E-state index contributed by atoms with van der Waals surface area (Å²) in [4.78, 5) is 10.5. The Morgan fingerprint density at radius 3 is 2.24 bits per heavy atom. The van der Waals surface area contributed by atoms with Crippen molar-refractivity contribution in [2.24, 2.45) is 0 Å². The molecule has 88 valence electrons. The van der Waals surface area contributed by atoms with Crippen LogP contribution < -0.4 is 10.6 Å². The summed E-state index contributed by atoms with van der Waals surface area (Å²) in [6.07, 6.45) is 3.25. The molecule has 0 unspecified atom stereocenters. The molecule has 0 fully saturated rings. The highest BCUT2D eigenvalue weighted by Crippen LogP contribution is 2.21. The molecule has 0 aliphatic carbocycles. The van der Waals surface area contributed by atoms with E-state index in [1.54, 1.807) is 12.4 Å². The number of hydrogen-bond donors (Lipinski definition) is 1. The predicted molar refractivity (Wildman–Crippen MR) is 70.3 cm³/mol. The third-order valence-electron chi connectivity index (χ3n) is 2.56. The molecular weight excluding hydrogens is 212 g/mol. The first-order valence-corrected chi connectivity index (χ1v) is 5.62. The highest BCUT2D eigenvalue weighted by molar-refractivity contribution is 5.57. The Labute approximate surface area is 101 Å². The first kappa shape index (κ1) is 11.4. The van der Waals surface area contributed by atoms with Crippen LogP contribution in [-0.2, 0) is 0 Å². The zero-order valence-corrected chi connectivity index (χ0v) is 10.1. The van der Waals surface area contributed by atoms with Crippen molar-refractivity contribution >= 4 is 17.3 Å². The SMILES string of the molecule is CCN(c1ccc(C)cc1)c1ncc(N)cn1. The van der Waals surface area contributed by atoms with Crippen molar-refractivity contribution in [1.29, 1.82) is 0 Å². The third-order valence-corrected chi connectivity index (χ3v) is 2.56. The molecule has 0 atom stereocenters. The number of benzene rings is 1. The van der Waals surface area contributed by atoms with Crippen LogP contribution in [0.1, 0.15) is 12.5 Å². The summed E-state index contributed by atoms with van der Waals surface area (Å²) >= 11 is 0. The van der Waals surface area contributed by atoms with Crippen LogP contribution in [0.15, 0.2) is 36.7 Å². The van der Waals surface area contributed by atoms with Gasteiger partial charge in [0.1, 0.15) is 0 Å². The van der Waals surface area contributed by atoms with Gasteiger partial charge in [0.2, 0.25) is 5.95 Å². The fraction of sp³-hybridized carbons (Fsp3) is 0.231. The molecule has 0 radical (unpaired) electrons. The average Bonchev–Trinajstić information content (AvgIpc) is 2.35. The fourth-order valence-corrected chi connectivity index (χ4v) is 1.63. The van der Waals surface area contributed by atoms with Crippen molar-refractivity contribution in [3.63, 3.8) is 0 Å². The monoisotopic (exact) mass is 228 g/mol. The Bertz CT molecular complexity index is 430. The number of nitrogens with two attached hydrogens (primary N) is 1. The lowest BCUT2D eigenvalue weighted by Crippen LogP contribution is -2.18. The van der Waals surface area contributed by atoms with Gasteiger partial charge in [-0.05, 0) is 26.0 Å². The summed E-state index contributed by atoms with van der Waals surface area (Å²) in [5, 5.41) is 0. The van der Waals surface area contributed by atoms with E-state index >= 15 is 0 Å². The highest BCUT2D eigenvalue weighted by Gasteiger charge is 2.09. The number of aryl methyl sites for hydroxylation is 1. The molecule has 4 heteroatoms. The van der Waals surface area contributed by atoms with Gasteiger partial charge in [0.15, 0.2) is 0 Å². The second kappa shape index (κ2) is 4.82. The topological polar surface area (TPSA) is 55.0 Å². The minimum atomic E-state index is 0.578. The van der Waals surface area contributed by atoms with Crippen LogP contribution in [0.5, 0.6) is 0 Å².